The second-order valence-electron chi connectivity index (χ2n) is 7.44. The third-order valence-electron chi connectivity index (χ3n) is 5.49. The predicted octanol–water partition coefficient (Wildman–Crippen LogP) is 2.61. The number of hydrogen-bond donors (Lipinski definition) is 1. The summed E-state index contributed by atoms with van der Waals surface area (Å²) in [6.45, 7) is 5.59. The number of nitrogens with zero attached hydrogens (tertiary/aromatic N) is 4. The van der Waals surface area contributed by atoms with Crippen molar-refractivity contribution in [3.05, 3.63) is 18.0 Å². The van der Waals surface area contributed by atoms with Crippen LogP contribution < -0.4 is 5.32 Å². The minimum Gasteiger partial charge on any atom is -0.356 e. The SMILES string of the molecule is CN=C(NCC1CCCC(C)C1)N1CCC(c2cnn(C)c2)C1. The van der Waals surface area contributed by atoms with Crippen LogP contribution in [-0.4, -0.2) is 47.3 Å². The summed E-state index contributed by atoms with van der Waals surface area (Å²) < 4.78 is 1.90. The van der Waals surface area contributed by atoms with Crippen molar-refractivity contribution in [2.45, 2.75) is 44.9 Å². The van der Waals surface area contributed by atoms with Crippen LogP contribution in [0.15, 0.2) is 17.4 Å². The van der Waals surface area contributed by atoms with Gasteiger partial charge in [-0.05, 0) is 36.7 Å². The zero-order valence-corrected chi connectivity index (χ0v) is 14.8. The molecule has 2 aliphatic rings. The lowest BCUT2D eigenvalue weighted by atomic mass is 9.82. The highest BCUT2D eigenvalue weighted by Gasteiger charge is 2.27. The van der Waals surface area contributed by atoms with Crippen molar-refractivity contribution in [3.8, 4) is 0 Å². The molecule has 1 saturated carbocycles. The molecule has 3 rings (SSSR count). The molecule has 1 aliphatic carbocycles. The summed E-state index contributed by atoms with van der Waals surface area (Å²) in [5.41, 5.74) is 1.35. The molecule has 0 bridgehead atoms. The van der Waals surface area contributed by atoms with Crippen LogP contribution in [0.5, 0.6) is 0 Å². The molecule has 5 nitrogen and oxygen atoms in total. The summed E-state index contributed by atoms with van der Waals surface area (Å²) in [6.07, 6.45) is 10.9. The monoisotopic (exact) mass is 317 g/mol. The lowest BCUT2D eigenvalue weighted by Crippen LogP contribution is -2.42. The largest absolute Gasteiger partial charge is 0.356 e. The Morgan fingerprint density at radius 1 is 1.39 bits per heavy atom. The van der Waals surface area contributed by atoms with E-state index in [1.54, 1.807) is 0 Å². The van der Waals surface area contributed by atoms with Crippen molar-refractivity contribution in [1.29, 1.82) is 0 Å². The molecular formula is C18H31N5. The minimum absolute atomic E-state index is 0.581. The molecule has 128 valence electrons. The first-order valence-corrected chi connectivity index (χ1v) is 9.10. The average molecular weight is 317 g/mol. The lowest BCUT2D eigenvalue weighted by Gasteiger charge is -2.29. The summed E-state index contributed by atoms with van der Waals surface area (Å²) in [7, 11) is 3.89. The van der Waals surface area contributed by atoms with Gasteiger partial charge in [0.05, 0.1) is 6.20 Å². The highest BCUT2D eigenvalue weighted by molar-refractivity contribution is 5.80. The summed E-state index contributed by atoms with van der Waals surface area (Å²) in [5, 5.41) is 7.94. The van der Waals surface area contributed by atoms with E-state index in [2.05, 4.69) is 33.4 Å². The van der Waals surface area contributed by atoms with Gasteiger partial charge in [-0.25, -0.2) is 0 Å². The van der Waals surface area contributed by atoms with E-state index in [0.717, 1.165) is 37.4 Å². The zero-order chi connectivity index (χ0) is 16.2. The Bertz CT molecular complexity index is 535. The van der Waals surface area contributed by atoms with Gasteiger partial charge in [-0.3, -0.25) is 9.67 Å². The van der Waals surface area contributed by atoms with Gasteiger partial charge in [-0.2, -0.15) is 5.10 Å². The van der Waals surface area contributed by atoms with E-state index in [-0.39, 0.29) is 0 Å². The van der Waals surface area contributed by atoms with Crippen LogP contribution in [0.25, 0.3) is 0 Å². The second kappa shape index (κ2) is 7.37. The standard InChI is InChI=1S/C18H31N5/c1-14-5-4-6-15(9-14)10-20-18(19-2)23-8-7-16(13-23)17-11-21-22(3)12-17/h11-12,14-16H,4-10,13H2,1-3H3,(H,19,20). The third-order valence-corrected chi connectivity index (χ3v) is 5.49. The maximum absolute atomic E-state index is 4.52. The molecule has 2 heterocycles. The average Bonchev–Trinajstić information content (AvgIpc) is 3.17. The quantitative estimate of drug-likeness (QED) is 0.688. The van der Waals surface area contributed by atoms with E-state index >= 15 is 0 Å². The molecule has 5 heteroatoms. The first kappa shape index (κ1) is 16.3. The number of likely N-dealkylation sites (tertiary alicyclic amines) is 1. The Labute approximate surface area is 140 Å². The molecular weight excluding hydrogens is 286 g/mol. The van der Waals surface area contributed by atoms with E-state index in [4.69, 9.17) is 0 Å². The Kier molecular flexibility index (Phi) is 5.23. The van der Waals surface area contributed by atoms with Crippen LogP contribution in [0, 0.1) is 11.8 Å². The molecule has 1 saturated heterocycles. The van der Waals surface area contributed by atoms with E-state index in [1.807, 2.05) is 25.0 Å². The van der Waals surface area contributed by atoms with E-state index in [0.29, 0.717) is 5.92 Å². The molecule has 1 aromatic rings. The lowest BCUT2D eigenvalue weighted by molar-refractivity contribution is 0.280. The zero-order valence-electron chi connectivity index (χ0n) is 14.8. The second-order valence-corrected chi connectivity index (χ2v) is 7.44. The Hall–Kier alpha value is -1.52. The van der Waals surface area contributed by atoms with Gasteiger partial charge in [0, 0.05) is 45.8 Å². The van der Waals surface area contributed by atoms with Gasteiger partial charge >= 0.3 is 0 Å². The number of hydrogen-bond acceptors (Lipinski definition) is 2. The van der Waals surface area contributed by atoms with Crippen LogP contribution >= 0.6 is 0 Å². The summed E-state index contributed by atoms with van der Waals surface area (Å²) in [4.78, 5) is 6.92. The van der Waals surface area contributed by atoms with E-state index in [1.165, 1.54) is 37.7 Å². The first-order chi connectivity index (χ1) is 11.2. The molecule has 1 N–H and O–H groups in total. The molecule has 0 amide bonds. The highest BCUT2D eigenvalue weighted by Crippen LogP contribution is 2.29. The molecule has 3 atom stereocenters. The van der Waals surface area contributed by atoms with Gasteiger partial charge < -0.3 is 10.2 Å². The van der Waals surface area contributed by atoms with Gasteiger partial charge in [-0.15, -0.1) is 0 Å². The number of rotatable bonds is 3. The maximum atomic E-state index is 4.52. The molecule has 2 fully saturated rings. The molecule has 0 spiro atoms. The van der Waals surface area contributed by atoms with Crippen LogP contribution in [0.2, 0.25) is 0 Å². The number of aromatic nitrogens is 2. The van der Waals surface area contributed by atoms with Gasteiger partial charge in [0.25, 0.3) is 0 Å². The Morgan fingerprint density at radius 3 is 2.96 bits per heavy atom. The third kappa shape index (κ3) is 4.06. The summed E-state index contributed by atoms with van der Waals surface area (Å²) >= 11 is 0. The van der Waals surface area contributed by atoms with Crippen LogP contribution in [0.1, 0.15) is 50.5 Å². The van der Waals surface area contributed by atoms with Crippen molar-refractivity contribution in [2.24, 2.45) is 23.9 Å². The Morgan fingerprint density at radius 2 is 2.26 bits per heavy atom. The molecule has 1 aliphatic heterocycles. The topological polar surface area (TPSA) is 45.5 Å². The Balaban J connectivity index is 1.51. The molecule has 0 aromatic carbocycles. The van der Waals surface area contributed by atoms with Gasteiger partial charge in [0.15, 0.2) is 5.96 Å². The number of nitrogens with one attached hydrogen (secondary N) is 1. The molecule has 1 aromatic heterocycles. The smallest absolute Gasteiger partial charge is 0.193 e. The summed E-state index contributed by atoms with van der Waals surface area (Å²) in [6, 6.07) is 0. The van der Waals surface area contributed by atoms with E-state index in [9.17, 15) is 0 Å². The maximum Gasteiger partial charge on any atom is 0.193 e. The van der Waals surface area contributed by atoms with Crippen molar-refractivity contribution >= 4 is 5.96 Å². The van der Waals surface area contributed by atoms with Crippen molar-refractivity contribution < 1.29 is 0 Å². The molecule has 3 unspecified atom stereocenters. The van der Waals surface area contributed by atoms with Crippen molar-refractivity contribution in [1.82, 2.24) is 20.0 Å². The number of aryl methyl sites for hydroxylation is 1. The molecule has 0 radical (unpaired) electrons. The van der Waals surface area contributed by atoms with Gasteiger partial charge in [-0.1, -0.05) is 19.8 Å². The van der Waals surface area contributed by atoms with Gasteiger partial charge in [0.2, 0.25) is 0 Å². The summed E-state index contributed by atoms with van der Waals surface area (Å²) in [5.74, 6) is 3.36. The molecule has 23 heavy (non-hydrogen) atoms. The number of guanidine groups is 1. The fraction of sp³-hybridized carbons (Fsp3) is 0.778. The fourth-order valence-corrected chi connectivity index (χ4v) is 4.19. The van der Waals surface area contributed by atoms with Crippen molar-refractivity contribution in [3.63, 3.8) is 0 Å². The fourth-order valence-electron chi connectivity index (χ4n) is 4.19. The van der Waals surface area contributed by atoms with Crippen LogP contribution in [0.3, 0.4) is 0 Å². The van der Waals surface area contributed by atoms with Crippen molar-refractivity contribution in [2.75, 3.05) is 26.7 Å². The van der Waals surface area contributed by atoms with Crippen LogP contribution in [0.4, 0.5) is 0 Å². The number of aliphatic imine (C=N–C) groups is 1. The minimum atomic E-state index is 0.581. The predicted molar refractivity (Wildman–Crippen MR) is 94.6 cm³/mol. The van der Waals surface area contributed by atoms with E-state index < -0.39 is 0 Å². The normalized spacial score (nSPS) is 29.1. The highest BCUT2D eigenvalue weighted by atomic mass is 15.3. The van der Waals surface area contributed by atoms with Crippen LogP contribution in [-0.2, 0) is 7.05 Å². The first-order valence-electron chi connectivity index (χ1n) is 9.10. The van der Waals surface area contributed by atoms with Gasteiger partial charge in [0.1, 0.15) is 0 Å².